The Morgan fingerprint density at radius 2 is 1.85 bits per heavy atom. The van der Waals surface area contributed by atoms with Crippen LogP contribution < -0.4 is 16.3 Å². The molecule has 0 amide bonds. The predicted octanol–water partition coefficient (Wildman–Crippen LogP) is 3.56. The average molecular weight is 447 g/mol. The second kappa shape index (κ2) is 9.29. The van der Waals surface area contributed by atoms with Crippen LogP contribution in [0.25, 0.3) is 21.7 Å². The SMILES string of the molecule is NC(CCN1CCN(c2nccc3ccc(F)cc23)CC1)Cc1cc(=O)oc2ccccc12. The minimum absolute atomic E-state index is 0.0454. The summed E-state index contributed by atoms with van der Waals surface area (Å²) >= 11 is 0. The van der Waals surface area contributed by atoms with E-state index in [0.717, 1.165) is 66.7 Å². The summed E-state index contributed by atoms with van der Waals surface area (Å²) in [5, 5.41) is 2.80. The number of nitrogens with two attached hydrogens (primary N) is 1. The van der Waals surface area contributed by atoms with E-state index >= 15 is 0 Å². The van der Waals surface area contributed by atoms with Crippen molar-refractivity contribution in [2.45, 2.75) is 18.9 Å². The monoisotopic (exact) mass is 446 g/mol. The molecule has 7 heteroatoms. The number of benzene rings is 2. The number of nitrogens with zero attached hydrogens (tertiary/aromatic N) is 3. The maximum atomic E-state index is 13.8. The van der Waals surface area contributed by atoms with Gasteiger partial charge in [-0.25, -0.2) is 14.2 Å². The van der Waals surface area contributed by atoms with Crippen LogP contribution in [0.2, 0.25) is 0 Å². The Bertz CT molecular complexity index is 1330. The molecule has 4 aromatic rings. The first-order chi connectivity index (χ1) is 16.1. The molecule has 1 unspecified atom stereocenters. The summed E-state index contributed by atoms with van der Waals surface area (Å²) in [6.45, 7) is 4.37. The van der Waals surface area contributed by atoms with Gasteiger partial charge in [-0.05, 0) is 54.6 Å². The molecule has 170 valence electrons. The number of rotatable bonds is 6. The van der Waals surface area contributed by atoms with E-state index in [1.165, 1.54) is 6.07 Å². The van der Waals surface area contributed by atoms with Gasteiger partial charge in [-0.3, -0.25) is 4.90 Å². The number of hydrogen-bond acceptors (Lipinski definition) is 6. The minimum Gasteiger partial charge on any atom is -0.423 e. The molecule has 3 heterocycles. The van der Waals surface area contributed by atoms with Crippen molar-refractivity contribution in [3.05, 3.63) is 82.6 Å². The van der Waals surface area contributed by atoms with Gasteiger partial charge in [0.25, 0.3) is 0 Å². The number of fused-ring (bicyclic) bond motifs is 2. The van der Waals surface area contributed by atoms with Gasteiger partial charge in [-0.2, -0.15) is 0 Å². The van der Waals surface area contributed by atoms with E-state index in [-0.39, 0.29) is 17.5 Å². The Morgan fingerprint density at radius 1 is 1.03 bits per heavy atom. The molecule has 1 fully saturated rings. The summed E-state index contributed by atoms with van der Waals surface area (Å²) in [6, 6.07) is 15.8. The third-order valence-electron chi connectivity index (χ3n) is 6.41. The van der Waals surface area contributed by atoms with Crippen LogP contribution in [0, 0.1) is 5.82 Å². The molecule has 6 nitrogen and oxygen atoms in total. The van der Waals surface area contributed by atoms with Crippen molar-refractivity contribution in [3.63, 3.8) is 0 Å². The third kappa shape index (κ3) is 4.74. The number of para-hydroxylation sites is 1. The first-order valence-electron chi connectivity index (χ1n) is 11.4. The van der Waals surface area contributed by atoms with Gasteiger partial charge in [0.15, 0.2) is 0 Å². The van der Waals surface area contributed by atoms with Gasteiger partial charge >= 0.3 is 5.63 Å². The van der Waals surface area contributed by atoms with Crippen LogP contribution in [-0.4, -0.2) is 48.6 Å². The van der Waals surface area contributed by atoms with Gasteiger partial charge < -0.3 is 15.1 Å². The Balaban J connectivity index is 1.18. The largest absolute Gasteiger partial charge is 0.423 e. The van der Waals surface area contributed by atoms with Crippen LogP contribution in [0.4, 0.5) is 10.2 Å². The normalized spacial score (nSPS) is 15.9. The first-order valence-corrected chi connectivity index (χ1v) is 11.4. The van der Waals surface area contributed by atoms with Crippen molar-refractivity contribution >= 4 is 27.6 Å². The fourth-order valence-corrected chi connectivity index (χ4v) is 4.64. The lowest BCUT2D eigenvalue weighted by Gasteiger charge is -2.36. The van der Waals surface area contributed by atoms with E-state index < -0.39 is 0 Å². The van der Waals surface area contributed by atoms with Gasteiger partial charge in [-0.15, -0.1) is 0 Å². The first kappa shape index (κ1) is 21.6. The second-order valence-electron chi connectivity index (χ2n) is 8.67. The fourth-order valence-electron chi connectivity index (χ4n) is 4.64. The molecular formula is C26H27FN4O2. The fraction of sp³-hybridized carbons (Fsp3) is 0.308. The molecular weight excluding hydrogens is 419 g/mol. The van der Waals surface area contributed by atoms with E-state index in [2.05, 4.69) is 14.8 Å². The standard InChI is InChI=1S/C26H27FN4O2/c27-20-6-5-18-7-9-29-26(23(18)17-20)31-13-11-30(12-14-31)10-8-21(28)15-19-16-25(32)33-24-4-2-1-3-22(19)24/h1-7,9,16-17,21H,8,10-15,28H2. The highest BCUT2D eigenvalue weighted by molar-refractivity contribution is 5.92. The molecule has 2 aromatic heterocycles. The van der Waals surface area contributed by atoms with Crippen LogP contribution in [-0.2, 0) is 6.42 Å². The van der Waals surface area contributed by atoms with E-state index in [0.29, 0.717) is 12.0 Å². The van der Waals surface area contributed by atoms with E-state index in [1.54, 1.807) is 24.4 Å². The molecule has 1 saturated heterocycles. The highest BCUT2D eigenvalue weighted by Gasteiger charge is 2.20. The molecule has 0 bridgehead atoms. The van der Waals surface area contributed by atoms with Gasteiger partial charge in [-0.1, -0.05) is 24.3 Å². The van der Waals surface area contributed by atoms with Crippen molar-refractivity contribution in [1.82, 2.24) is 9.88 Å². The minimum atomic E-state index is -0.339. The van der Waals surface area contributed by atoms with Gasteiger partial charge in [0.05, 0.1) is 0 Å². The molecule has 2 aromatic carbocycles. The summed E-state index contributed by atoms with van der Waals surface area (Å²) < 4.78 is 19.1. The molecule has 1 aliphatic heterocycles. The topological polar surface area (TPSA) is 75.6 Å². The van der Waals surface area contributed by atoms with Crippen LogP contribution in [0.5, 0.6) is 0 Å². The lowest BCUT2D eigenvalue weighted by atomic mass is 10.0. The van der Waals surface area contributed by atoms with Crippen molar-refractivity contribution in [3.8, 4) is 0 Å². The Morgan fingerprint density at radius 3 is 2.70 bits per heavy atom. The summed E-state index contributed by atoms with van der Waals surface area (Å²) in [7, 11) is 0. The zero-order valence-corrected chi connectivity index (χ0v) is 18.4. The van der Waals surface area contributed by atoms with Gasteiger partial charge in [0.2, 0.25) is 0 Å². The van der Waals surface area contributed by atoms with Crippen LogP contribution in [0.15, 0.2) is 70.0 Å². The highest BCUT2D eigenvalue weighted by atomic mass is 19.1. The molecule has 0 spiro atoms. The number of pyridine rings is 1. The van der Waals surface area contributed by atoms with Crippen LogP contribution >= 0.6 is 0 Å². The zero-order valence-electron chi connectivity index (χ0n) is 18.4. The molecule has 0 saturated carbocycles. The molecule has 5 rings (SSSR count). The summed E-state index contributed by atoms with van der Waals surface area (Å²) in [5.74, 6) is 0.603. The molecule has 0 aliphatic carbocycles. The van der Waals surface area contributed by atoms with Gasteiger partial charge in [0, 0.05) is 55.3 Å². The number of piperazine rings is 1. The van der Waals surface area contributed by atoms with E-state index in [4.69, 9.17) is 10.2 Å². The van der Waals surface area contributed by atoms with Crippen molar-refractivity contribution < 1.29 is 8.81 Å². The maximum absolute atomic E-state index is 13.8. The number of anilines is 1. The number of aromatic nitrogens is 1. The Labute approximate surface area is 191 Å². The lowest BCUT2D eigenvalue weighted by molar-refractivity contribution is 0.248. The molecule has 1 atom stereocenters. The highest BCUT2D eigenvalue weighted by Crippen LogP contribution is 2.26. The van der Waals surface area contributed by atoms with Crippen molar-refractivity contribution in [1.29, 1.82) is 0 Å². The molecule has 1 aliphatic rings. The van der Waals surface area contributed by atoms with E-state index in [9.17, 15) is 9.18 Å². The number of hydrogen-bond donors (Lipinski definition) is 1. The lowest BCUT2D eigenvalue weighted by Crippen LogP contribution is -2.47. The van der Waals surface area contributed by atoms with Crippen molar-refractivity contribution in [2.75, 3.05) is 37.6 Å². The van der Waals surface area contributed by atoms with E-state index in [1.807, 2.05) is 30.3 Å². The molecule has 2 N–H and O–H groups in total. The Hall–Kier alpha value is -3.29. The van der Waals surface area contributed by atoms with Crippen LogP contribution in [0.3, 0.4) is 0 Å². The molecule has 0 radical (unpaired) electrons. The summed E-state index contributed by atoms with van der Waals surface area (Å²) in [4.78, 5) is 21.1. The van der Waals surface area contributed by atoms with Crippen molar-refractivity contribution in [2.24, 2.45) is 5.73 Å². The molecule has 33 heavy (non-hydrogen) atoms. The zero-order chi connectivity index (χ0) is 22.8. The quantitative estimate of drug-likeness (QED) is 0.457. The smallest absolute Gasteiger partial charge is 0.336 e. The second-order valence-corrected chi connectivity index (χ2v) is 8.67. The summed E-state index contributed by atoms with van der Waals surface area (Å²) in [6.07, 6.45) is 3.26. The van der Waals surface area contributed by atoms with Gasteiger partial charge in [0.1, 0.15) is 17.2 Å². The maximum Gasteiger partial charge on any atom is 0.336 e. The predicted molar refractivity (Wildman–Crippen MR) is 129 cm³/mol. The van der Waals surface area contributed by atoms with Crippen LogP contribution in [0.1, 0.15) is 12.0 Å². The summed E-state index contributed by atoms with van der Waals surface area (Å²) in [5.41, 5.74) is 7.65. The Kier molecular flexibility index (Phi) is 6.07. The third-order valence-corrected chi connectivity index (χ3v) is 6.41. The number of halogens is 1. The average Bonchev–Trinajstić information content (AvgIpc) is 2.82.